The Labute approximate surface area is 129 Å². The van der Waals surface area contributed by atoms with Gasteiger partial charge in [0.1, 0.15) is 0 Å². The van der Waals surface area contributed by atoms with E-state index < -0.39 is 0 Å². The Kier molecular flexibility index (Phi) is 5.42. The first kappa shape index (κ1) is 16.5. The number of piperazine rings is 1. The summed E-state index contributed by atoms with van der Waals surface area (Å²) in [6.45, 7) is 10.9. The molecule has 1 aliphatic rings. The van der Waals surface area contributed by atoms with Crippen molar-refractivity contribution in [2.75, 3.05) is 33.4 Å². The van der Waals surface area contributed by atoms with E-state index in [0.29, 0.717) is 0 Å². The van der Waals surface area contributed by atoms with E-state index in [1.165, 1.54) is 5.56 Å². The topological polar surface area (TPSA) is 24.5 Å². The molecular weight excluding hydrogens is 260 g/mol. The minimum atomic E-state index is 0.0592. The van der Waals surface area contributed by atoms with Gasteiger partial charge in [-0.1, -0.05) is 37.3 Å². The van der Waals surface area contributed by atoms with Gasteiger partial charge in [0.25, 0.3) is 0 Å². The number of benzene rings is 1. The maximum absolute atomic E-state index is 5.24. The molecule has 3 heteroatoms. The van der Waals surface area contributed by atoms with Gasteiger partial charge in [0.2, 0.25) is 0 Å². The van der Waals surface area contributed by atoms with Gasteiger partial charge in [-0.25, -0.2) is 0 Å². The number of hydrogen-bond acceptors (Lipinski definition) is 3. The van der Waals surface area contributed by atoms with Gasteiger partial charge in [0.05, 0.1) is 5.54 Å². The van der Waals surface area contributed by atoms with Crippen molar-refractivity contribution in [3.63, 3.8) is 0 Å². The third-order valence-electron chi connectivity index (χ3n) is 5.05. The zero-order valence-corrected chi connectivity index (χ0v) is 14.0. The molecule has 0 spiro atoms. The van der Waals surface area contributed by atoms with Crippen LogP contribution < -0.4 is 5.32 Å². The molecule has 1 N–H and O–H groups in total. The van der Waals surface area contributed by atoms with E-state index in [1.807, 2.05) is 0 Å². The minimum absolute atomic E-state index is 0.0592. The van der Waals surface area contributed by atoms with Crippen LogP contribution in [0.1, 0.15) is 39.2 Å². The highest BCUT2D eigenvalue weighted by molar-refractivity contribution is 5.26. The summed E-state index contributed by atoms with van der Waals surface area (Å²) in [4.78, 5) is 2.64. The molecule has 0 bridgehead atoms. The summed E-state index contributed by atoms with van der Waals surface area (Å²) >= 11 is 0. The molecule has 3 nitrogen and oxygen atoms in total. The van der Waals surface area contributed by atoms with Crippen molar-refractivity contribution in [3.05, 3.63) is 35.9 Å². The normalized spacial score (nSPS) is 30.5. The van der Waals surface area contributed by atoms with Crippen molar-refractivity contribution in [1.29, 1.82) is 0 Å². The minimum Gasteiger partial charge on any atom is -0.385 e. The molecular formula is C18H30N2O. The molecule has 1 fully saturated rings. The summed E-state index contributed by atoms with van der Waals surface area (Å²) < 4.78 is 5.24. The lowest BCUT2D eigenvalue weighted by molar-refractivity contribution is 0.0110. The second kappa shape index (κ2) is 6.91. The van der Waals surface area contributed by atoms with Crippen LogP contribution in [0.5, 0.6) is 0 Å². The lowest BCUT2D eigenvalue weighted by Crippen LogP contribution is -2.66. The smallest absolute Gasteiger partial charge is 0.0558 e. The Hall–Kier alpha value is -0.900. The van der Waals surface area contributed by atoms with E-state index in [9.17, 15) is 0 Å². The Morgan fingerprint density at radius 1 is 1.24 bits per heavy atom. The van der Waals surface area contributed by atoms with Crippen LogP contribution >= 0.6 is 0 Å². The number of nitrogens with zero attached hydrogens (tertiary/aromatic N) is 1. The van der Waals surface area contributed by atoms with Crippen LogP contribution in [-0.2, 0) is 10.3 Å². The second-order valence-corrected chi connectivity index (χ2v) is 6.68. The van der Waals surface area contributed by atoms with Gasteiger partial charge in [-0.15, -0.1) is 0 Å². The third kappa shape index (κ3) is 3.65. The van der Waals surface area contributed by atoms with E-state index >= 15 is 0 Å². The summed E-state index contributed by atoms with van der Waals surface area (Å²) in [5, 5.41) is 3.78. The molecule has 0 aromatic heterocycles. The zero-order valence-electron chi connectivity index (χ0n) is 14.0. The van der Waals surface area contributed by atoms with Crippen LogP contribution in [0, 0.1) is 0 Å². The van der Waals surface area contributed by atoms with Crippen molar-refractivity contribution < 1.29 is 4.74 Å². The number of methoxy groups -OCH3 is 1. The van der Waals surface area contributed by atoms with Crippen molar-refractivity contribution in [2.45, 2.75) is 44.7 Å². The summed E-state index contributed by atoms with van der Waals surface area (Å²) in [5.74, 6) is 0. The van der Waals surface area contributed by atoms with Gasteiger partial charge in [-0.2, -0.15) is 0 Å². The van der Waals surface area contributed by atoms with Crippen LogP contribution in [0.15, 0.2) is 30.3 Å². The molecule has 0 radical (unpaired) electrons. The Morgan fingerprint density at radius 2 is 1.95 bits per heavy atom. The predicted molar refractivity (Wildman–Crippen MR) is 88.6 cm³/mol. The van der Waals surface area contributed by atoms with Crippen LogP contribution in [0.25, 0.3) is 0 Å². The van der Waals surface area contributed by atoms with Gasteiger partial charge < -0.3 is 10.1 Å². The summed E-state index contributed by atoms with van der Waals surface area (Å²) in [6, 6.07) is 10.9. The molecule has 1 aromatic rings. The van der Waals surface area contributed by atoms with Gasteiger partial charge in [-0.3, -0.25) is 4.90 Å². The van der Waals surface area contributed by atoms with Crippen LogP contribution in [0.2, 0.25) is 0 Å². The standard InChI is InChI=1S/C18H30N2O/c1-5-17(2)15-20(12-9-13-21-4)18(3,14-19-17)16-10-7-6-8-11-16/h6-8,10-11,19H,5,9,12-15H2,1-4H3. The second-order valence-electron chi connectivity index (χ2n) is 6.68. The molecule has 1 aromatic carbocycles. The molecule has 1 heterocycles. The fraction of sp³-hybridized carbons (Fsp3) is 0.667. The van der Waals surface area contributed by atoms with E-state index in [1.54, 1.807) is 7.11 Å². The maximum Gasteiger partial charge on any atom is 0.0558 e. The number of nitrogens with one attached hydrogen (secondary N) is 1. The quantitative estimate of drug-likeness (QED) is 0.815. The predicted octanol–water partition coefficient (Wildman–Crippen LogP) is 3.01. The van der Waals surface area contributed by atoms with Crippen molar-refractivity contribution in [3.8, 4) is 0 Å². The fourth-order valence-electron chi connectivity index (χ4n) is 3.19. The molecule has 118 valence electrons. The first-order chi connectivity index (χ1) is 10.0. The van der Waals surface area contributed by atoms with Crippen molar-refractivity contribution in [1.82, 2.24) is 10.2 Å². The van der Waals surface area contributed by atoms with Gasteiger partial charge in [0, 0.05) is 38.9 Å². The number of hydrogen-bond donors (Lipinski definition) is 1. The summed E-state index contributed by atoms with van der Waals surface area (Å²) in [5.41, 5.74) is 1.67. The van der Waals surface area contributed by atoms with Crippen LogP contribution in [-0.4, -0.2) is 43.8 Å². The van der Waals surface area contributed by atoms with E-state index in [2.05, 4.69) is 61.3 Å². The van der Waals surface area contributed by atoms with E-state index in [0.717, 1.165) is 39.1 Å². The highest BCUT2D eigenvalue weighted by Crippen LogP contribution is 2.34. The van der Waals surface area contributed by atoms with Crippen molar-refractivity contribution in [2.24, 2.45) is 0 Å². The molecule has 0 aliphatic carbocycles. The zero-order chi connectivity index (χ0) is 15.3. The monoisotopic (exact) mass is 290 g/mol. The van der Waals surface area contributed by atoms with E-state index in [4.69, 9.17) is 4.74 Å². The fourth-order valence-corrected chi connectivity index (χ4v) is 3.19. The molecule has 2 atom stereocenters. The molecule has 2 unspecified atom stereocenters. The van der Waals surface area contributed by atoms with Crippen LogP contribution in [0.3, 0.4) is 0 Å². The summed E-state index contributed by atoms with van der Waals surface area (Å²) in [6.07, 6.45) is 2.23. The first-order valence-corrected chi connectivity index (χ1v) is 8.08. The molecule has 1 aliphatic heterocycles. The number of rotatable bonds is 6. The first-order valence-electron chi connectivity index (χ1n) is 8.08. The Balaban J connectivity index is 2.21. The highest BCUT2D eigenvalue weighted by atomic mass is 16.5. The average molecular weight is 290 g/mol. The number of ether oxygens (including phenoxy) is 1. The maximum atomic E-state index is 5.24. The van der Waals surface area contributed by atoms with Crippen molar-refractivity contribution >= 4 is 0 Å². The third-order valence-corrected chi connectivity index (χ3v) is 5.05. The Bertz CT molecular complexity index is 436. The van der Waals surface area contributed by atoms with E-state index in [-0.39, 0.29) is 11.1 Å². The SMILES string of the molecule is CCC1(C)CN(CCCOC)C(C)(c2ccccc2)CN1. The highest BCUT2D eigenvalue weighted by Gasteiger charge is 2.42. The molecule has 0 saturated carbocycles. The molecule has 1 saturated heterocycles. The van der Waals surface area contributed by atoms with Gasteiger partial charge >= 0.3 is 0 Å². The molecule has 0 amide bonds. The summed E-state index contributed by atoms with van der Waals surface area (Å²) in [7, 11) is 1.78. The average Bonchev–Trinajstić information content (AvgIpc) is 2.52. The Morgan fingerprint density at radius 3 is 2.57 bits per heavy atom. The van der Waals surface area contributed by atoms with Gasteiger partial charge in [0.15, 0.2) is 0 Å². The molecule has 2 rings (SSSR count). The van der Waals surface area contributed by atoms with Gasteiger partial charge in [-0.05, 0) is 32.3 Å². The largest absolute Gasteiger partial charge is 0.385 e. The lowest BCUT2D eigenvalue weighted by atomic mass is 9.82. The van der Waals surface area contributed by atoms with Crippen LogP contribution in [0.4, 0.5) is 0 Å². The molecule has 21 heavy (non-hydrogen) atoms. The lowest BCUT2D eigenvalue weighted by Gasteiger charge is -2.52.